The summed E-state index contributed by atoms with van der Waals surface area (Å²) >= 11 is 0. The van der Waals surface area contributed by atoms with Gasteiger partial charge in [-0.2, -0.15) is 0 Å². The van der Waals surface area contributed by atoms with Crippen molar-refractivity contribution in [2.75, 3.05) is 0 Å². The monoisotopic (exact) mass is 423 g/mol. The van der Waals surface area contributed by atoms with Crippen molar-refractivity contribution in [3.8, 4) is 22.6 Å². The Kier molecular flexibility index (Phi) is 7.53. The fourth-order valence-corrected chi connectivity index (χ4v) is 2.95. The van der Waals surface area contributed by atoms with Crippen LogP contribution < -0.4 is 15.2 Å². The Hall–Kier alpha value is -2.70. The minimum absolute atomic E-state index is 0. The van der Waals surface area contributed by atoms with Crippen LogP contribution in [-0.4, -0.2) is 6.36 Å². The molecule has 2 N–H and O–H groups in total. The molecule has 3 nitrogen and oxygen atoms in total. The van der Waals surface area contributed by atoms with Gasteiger partial charge in [0.2, 0.25) is 0 Å². The van der Waals surface area contributed by atoms with Gasteiger partial charge < -0.3 is 15.2 Å². The topological polar surface area (TPSA) is 44.5 Å². The molecule has 3 aromatic rings. The number of hydrogen-bond donors (Lipinski definition) is 1. The standard InChI is InChI=1S/C22H20F3NO2.ClH/c1-15-11-18(17-7-9-20(10-8-17)28-22(23,24)25)12-19(13-26)21(15)27-14-16-5-3-2-4-6-16;/h2-12H,13-14,26H2,1H3;1H. The molecule has 7 heteroatoms. The van der Waals surface area contributed by atoms with Crippen LogP contribution in [0, 0.1) is 6.92 Å². The third kappa shape index (κ3) is 6.14. The fraction of sp³-hybridized carbons (Fsp3) is 0.182. The van der Waals surface area contributed by atoms with E-state index in [-0.39, 0.29) is 24.7 Å². The predicted molar refractivity (Wildman–Crippen MR) is 109 cm³/mol. The molecule has 0 aromatic heterocycles. The van der Waals surface area contributed by atoms with E-state index in [0.717, 1.165) is 33.6 Å². The fourth-order valence-electron chi connectivity index (χ4n) is 2.95. The number of halogens is 4. The molecule has 0 fully saturated rings. The van der Waals surface area contributed by atoms with Crippen LogP contribution in [-0.2, 0) is 13.2 Å². The highest BCUT2D eigenvalue weighted by molar-refractivity contribution is 5.85. The highest BCUT2D eigenvalue weighted by Crippen LogP contribution is 2.32. The van der Waals surface area contributed by atoms with Crippen molar-refractivity contribution in [1.29, 1.82) is 0 Å². The molecule has 0 unspecified atom stereocenters. The van der Waals surface area contributed by atoms with E-state index in [1.165, 1.54) is 12.1 Å². The van der Waals surface area contributed by atoms with Crippen LogP contribution in [0.3, 0.4) is 0 Å². The average molecular weight is 424 g/mol. The zero-order valence-corrected chi connectivity index (χ0v) is 16.5. The molecule has 0 aliphatic carbocycles. The van der Waals surface area contributed by atoms with Crippen LogP contribution in [0.5, 0.6) is 11.5 Å². The average Bonchev–Trinajstić information content (AvgIpc) is 2.66. The quantitative estimate of drug-likeness (QED) is 0.527. The zero-order valence-electron chi connectivity index (χ0n) is 15.7. The zero-order chi connectivity index (χ0) is 20.1. The van der Waals surface area contributed by atoms with Crippen LogP contribution in [0.4, 0.5) is 13.2 Å². The van der Waals surface area contributed by atoms with E-state index in [4.69, 9.17) is 10.5 Å². The molecule has 0 bridgehead atoms. The maximum atomic E-state index is 12.3. The molecule has 0 saturated heterocycles. The lowest BCUT2D eigenvalue weighted by atomic mass is 9.99. The Labute approximate surface area is 173 Å². The molecular weight excluding hydrogens is 403 g/mol. The molecule has 154 valence electrons. The summed E-state index contributed by atoms with van der Waals surface area (Å²) in [6.07, 6.45) is -4.71. The second-order valence-corrected chi connectivity index (χ2v) is 6.33. The summed E-state index contributed by atoms with van der Waals surface area (Å²) < 4.78 is 46.8. The Bertz CT molecular complexity index is 929. The minimum atomic E-state index is -4.71. The molecule has 29 heavy (non-hydrogen) atoms. The first kappa shape index (κ1) is 22.6. The molecule has 0 spiro atoms. The number of benzene rings is 3. The molecule has 0 aliphatic heterocycles. The SMILES string of the molecule is Cc1cc(-c2ccc(OC(F)(F)F)cc2)cc(CN)c1OCc1ccccc1.Cl. The van der Waals surface area contributed by atoms with Gasteiger partial charge in [-0.05, 0) is 53.4 Å². The summed E-state index contributed by atoms with van der Waals surface area (Å²) in [6, 6.07) is 19.4. The van der Waals surface area contributed by atoms with Crippen LogP contribution in [0.15, 0.2) is 66.7 Å². The Morgan fingerprint density at radius 1 is 0.897 bits per heavy atom. The van der Waals surface area contributed by atoms with Gasteiger partial charge in [0, 0.05) is 12.1 Å². The van der Waals surface area contributed by atoms with E-state index in [0.29, 0.717) is 6.61 Å². The van der Waals surface area contributed by atoms with Crippen LogP contribution in [0.25, 0.3) is 11.1 Å². The van der Waals surface area contributed by atoms with Crippen molar-refractivity contribution in [1.82, 2.24) is 0 Å². The number of hydrogen-bond acceptors (Lipinski definition) is 3. The van der Waals surface area contributed by atoms with Crippen molar-refractivity contribution >= 4 is 12.4 Å². The third-order valence-corrected chi connectivity index (χ3v) is 4.22. The predicted octanol–water partition coefficient (Wildman–Crippen LogP) is 6.02. The van der Waals surface area contributed by atoms with E-state index >= 15 is 0 Å². The summed E-state index contributed by atoms with van der Waals surface area (Å²) in [5.41, 5.74) is 10.3. The smallest absolute Gasteiger partial charge is 0.488 e. The van der Waals surface area contributed by atoms with Crippen molar-refractivity contribution in [2.24, 2.45) is 5.73 Å². The number of rotatable bonds is 6. The van der Waals surface area contributed by atoms with Gasteiger partial charge in [-0.3, -0.25) is 0 Å². The highest BCUT2D eigenvalue weighted by atomic mass is 35.5. The van der Waals surface area contributed by atoms with Gasteiger partial charge in [0.25, 0.3) is 0 Å². The van der Waals surface area contributed by atoms with Crippen molar-refractivity contribution in [3.05, 3.63) is 83.4 Å². The Morgan fingerprint density at radius 2 is 1.55 bits per heavy atom. The lowest BCUT2D eigenvalue weighted by molar-refractivity contribution is -0.274. The second-order valence-electron chi connectivity index (χ2n) is 6.33. The Balaban J connectivity index is 0.00000300. The van der Waals surface area contributed by atoms with Crippen LogP contribution in [0.2, 0.25) is 0 Å². The van der Waals surface area contributed by atoms with Gasteiger partial charge >= 0.3 is 6.36 Å². The van der Waals surface area contributed by atoms with Gasteiger partial charge in [0.1, 0.15) is 18.1 Å². The lowest BCUT2D eigenvalue weighted by Gasteiger charge is -2.16. The van der Waals surface area contributed by atoms with Crippen LogP contribution in [0.1, 0.15) is 16.7 Å². The Morgan fingerprint density at radius 3 is 2.14 bits per heavy atom. The second kappa shape index (κ2) is 9.67. The highest BCUT2D eigenvalue weighted by Gasteiger charge is 2.30. The normalized spacial score (nSPS) is 10.9. The summed E-state index contributed by atoms with van der Waals surface area (Å²) in [5.74, 6) is 0.474. The molecule has 0 saturated carbocycles. The van der Waals surface area contributed by atoms with Crippen molar-refractivity contribution < 1.29 is 22.6 Å². The maximum Gasteiger partial charge on any atom is 0.573 e. The first-order chi connectivity index (χ1) is 13.4. The minimum Gasteiger partial charge on any atom is -0.488 e. The largest absolute Gasteiger partial charge is 0.573 e. The van der Waals surface area contributed by atoms with E-state index in [1.807, 2.05) is 49.4 Å². The number of aryl methyl sites for hydroxylation is 1. The number of nitrogens with two attached hydrogens (primary N) is 1. The van der Waals surface area contributed by atoms with Crippen molar-refractivity contribution in [3.63, 3.8) is 0 Å². The third-order valence-electron chi connectivity index (χ3n) is 4.22. The van der Waals surface area contributed by atoms with E-state index in [9.17, 15) is 13.2 Å². The summed E-state index contributed by atoms with van der Waals surface area (Å²) in [6.45, 7) is 2.63. The van der Waals surface area contributed by atoms with Crippen LogP contribution >= 0.6 is 12.4 Å². The first-order valence-corrected chi connectivity index (χ1v) is 8.72. The van der Waals surface area contributed by atoms with Gasteiger partial charge in [-0.1, -0.05) is 42.5 Å². The van der Waals surface area contributed by atoms with Gasteiger partial charge in [0.15, 0.2) is 0 Å². The van der Waals surface area contributed by atoms with E-state index in [1.54, 1.807) is 12.1 Å². The van der Waals surface area contributed by atoms with E-state index < -0.39 is 6.36 Å². The number of ether oxygens (including phenoxy) is 2. The number of alkyl halides is 3. The van der Waals surface area contributed by atoms with Crippen molar-refractivity contribution in [2.45, 2.75) is 26.4 Å². The molecular formula is C22H21ClF3NO2. The summed E-state index contributed by atoms with van der Waals surface area (Å²) in [7, 11) is 0. The molecule has 0 radical (unpaired) electrons. The van der Waals surface area contributed by atoms with E-state index in [2.05, 4.69) is 4.74 Å². The molecule has 3 rings (SSSR count). The lowest BCUT2D eigenvalue weighted by Crippen LogP contribution is -2.16. The summed E-state index contributed by atoms with van der Waals surface area (Å²) in [4.78, 5) is 0. The molecule has 0 heterocycles. The molecule has 0 atom stereocenters. The first-order valence-electron chi connectivity index (χ1n) is 8.72. The maximum absolute atomic E-state index is 12.3. The van der Waals surface area contributed by atoms with Gasteiger partial charge in [-0.15, -0.1) is 25.6 Å². The van der Waals surface area contributed by atoms with Gasteiger partial charge in [-0.25, -0.2) is 0 Å². The van der Waals surface area contributed by atoms with Gasteiger partial charge in [0.05, 0.1) is 0 Å². The summed E-state index contributed by atoms with van der Waals surface area (Å²) in [5, 5.41) is 0. The molecule has 0 amide bonds. The molecule has 0 aliphatic rings. The molecule has 3 aromatic carbocycles.